The number of aryl methyl sites for hydroxylation is 1. The maximum Gasteiger partial charge on any atom is 0.228 e. The predicted molar refractivity (Wildman–Crippen MR) is 74.5 cm³/mol. The van der Waals surface area contributed by atoms with Gasteiger partial charge in [0.15, 0.2) is 5.82 Å². The van der Waals surface area contributed by atoms with Crippen molar-refractivity contribution < 1.29 is 4.79 Å². The van der Waals surface area contributed by atoms with E-state index in [0.717, 1.165) is 17.4 Å². The first-order valence-electron chi connectivity index (χ1n) is 5.74. The lowest BCUT2D eigenvalue weighted by atomic mass is 10.1. The molecular formula is C13H14BrN3O. The molecule has 0 fully saturated rings. The average Bonchev–Trinajstić information content (AvgIpc) is 2.80. The molecule has 18 heavy (non-hydrogen) atoms. The summed E-state index contributed by atoms with van der Waals surface area (Å²) in [6.07, 6.45) is 4.43. The van der Waals surface area contributed by atoms with Gasteiger partial charge in [-0.1, -0.05) is 6.92 Å². The molecule has 0 aliphatic rings. The highest BCUT2D eigenvalue weighted by Gasteiger charge is 2.15. The number of hydrogen-bond donors (Lipinski definition) is 1. The van der Waals surface area contributed by atoms with E-state index in [0.29, 0.717) is 17.1 Å². The van der Waals surface area contributed by atoms with Gasteiger partial charge >= 0.3 is 0 Å². The summed E-state index contributed by atoms with van der Waals surface area (Å²) in [5, 5.41) is 0. The zero-order valence-electron chi connectivity index (χ0n) is 10.1. The number of nitrogens with zero attached hydrogens (tertiary/aromatic N) is 2. The van der Waals surface area contributed by atoms with Gasteiger partial charge in [0, 0.05) is 34.7 Å². The lowest BCUT2D eigenvalue weighted by Gasteiger charge is -2.06. The second-order valence-corrected chi connectivity index (χ2v) is 4.86. The summed E-state index contributed by atoms with van der Waals surface area (Å²) in [6, 6.07) is 5.15. The van der Waals surface area contributed by atoms with Crippen LogP contribution in [0.2, 0.25) is 0 Å². The van der Waals surface area contributed by atoms with E-state index in [2.05, 4.69) is 27.8 Å². The maximum absolute atomic E-state index is 12.3. The van der Waals surface area contributed by atoms with Gasteiger partial charge in [-0.3, -0.25) is 4.79 Å². The highest BCUT2D eigenvalue weighted by molar-refractivity contribution is 9.10. The fourth-order valence-corrected chi connectivity index (χ4v) is 2.12. The molecule has 0 saturated heterocycles. The van der Waals surface area contributed by atoms with E-state index in [-0.39, 0.29) is 5.78 Å². The number of carbonyl (C=O) groups excluding carboxylic acids is 1. The number of halogens is 1. The molecular weight excluding hydrogens is 294 g/mol. The fraction of sp³-hybridized carbons (Fsp3) is 0.231. The van der Waals surface area contributed by atoms with Crippen molar-refractivity contribution in [2.75, 3.05) is 5.73 Å². The first-order chi connectivity index (χ1) is 8.63. The number of imidazole rings is 1. The number of aromatic nitrogens is 2. The van der Waals surface area contributed by atoms with Crippen LogP contribution in [0.15, 0.2) is 35.1 Å². The molecule has 1 aromatic carbocycles. The molecule has 4 nitrogen and oxygen atoms in total. The van der Waals surface area contributed by atoms with E-state index in [4.69, 9.17) is 5.73 Å². The van der Waals surface area contributed by atoms with Crippen LogP contribution in [0.5, 0.6) is 0 Å². The number of benzene rings is 1. The van der Waals surface area contributed by atoms with Gasteiger partial charge in [-0.05, 0) is 40.5 Å². The number of anilines is 1. The van der Waals surface area contributed by atoms with Gasteiger partial charge in [0.1, 0.15) is 0 Å². The zero-order chi connectivity index (χ0) is 13.1. The van der Waals surface area contributed by atoms with E-state index < -0.39 is 0 Å². The quantitative estimate of drug-likeness (QED) is 0.698. The average molecular weight is 308 g/mol. The molecule has 2 aromatic rings. The molecule has 94 valence electrons. The van der Waals surface area contributed by atoms with Crippen LogP contribution in [-0.4, -0.2) is 15.3 Å². The topological polar surface area (TPSA) is 60.9 Å². The summed E-state index contributed by atoms with van der Waals surface area (Å²) in [7, 11) is 0. The molecule has 2 rings (SSSR count). The van der Waals surface area contributed by atoms with E-state index in [1.54, 1.807) is 24.4 Å². The third-order valence-electron chi connectivity index (χ3n) is 2.65. The third kappa shape index (κ3) is 2.46. The summed E-state index contributed by atoms with van der Waals surface area (Å²) in [5.74, 6) is 0.377. The minimum absolute atomic E-state index is 0.0887. The Bertz CT molecular complexity index is 577. The van der Waals surface area contributed by atoms with Crippen LogP contribution in [-0.2, 0) is 6.54 Å². The maximum atomic E-state index is 12.3. The monoisotopic (exact) mass is 307 g/mol. The Morgan fingerprint density at radius 3 is 2.94 bits per heavy atom. The normalized spacial score (nSPS) is 10.6. The Kier molecular flexibility index (Phi) is 3.81. The fourth-order valence-electron chi connectivity index (χ4n) is 1.74. The number of rotatable bonds is 4. The summed E-state index contributed by atoms with van der Waals surface area (Å²) >= 11 is 3.32. The molecule has 0 spiro atoms. The van der Waals surface area contributed by atoms with Crippen molar-refractivity contribution in [2.45, 2.75) is 19.9 Å². The Hall–Kier alpha value is -1.62. The van der Waals surface area contributed by atoms with Crippen LogP contribution in [0.3, 0.4) is 0 Å². The Morgan fingerprint density at radius 2 is 2.28 bits per heavy atom. The van der Waals surface area contributed by atoms with Crippen LogP contribution >= 0.6 is 15.9 Å². The van der Waals surface area contributed by atoms with Crippen molar-refractivity contribution in [3.63, 3.8) is 0 Å². The summed E-state index contributed by atoms with van der Waals surface area (Å²) in [4.78, 5) is 16.5. The number of ketones is 1. The SMILES string of the molecule is CCCn1ccnc1C(=O)c1ccc(N)c(Br)c1. The van der Waals surface area contributed by atoms with Crippen molar-refractivity contribution in [3.05, 3.63) is 46.5 Å². The standard InChI is InChI=1S/C13H14BrN3O/c1-2-6-17-7-5-16-13(17)12(18)9-3-4-11(15)10(14)8-9/h3-5,7-8H,2,6,15H2,1H3. The van der Waals surface area contributed by atoms with Crippen molar-refractivity contribution in [3.8, 4) is 0 Å². The molecule has 0 radical (unpaired) electrons. The van der Waals surface area contributed by atoms with Gasteiger partial charge in [0.2, 0.25) is 5.78 Å². The Morgan fingerprint density at radius 1 is 1.50 bits per heavy atom. The van der Waals surface area contributed by atoms with Crippen LogP contribution in [0.25, 0.3) is 0 Å². The van der Waals surface area contributed by atoms with Crippen molar-refractivity contribution in [2.24, 2.45) is 0 Å². The summed E-state index contributed by atoms with van der Waals surface area (Å²) < 4.78 is 2.59. The van der Waals surface area contributed by atoms with E-state index in [1.807, 2.05) is 10.8 Å². The number of hydrogen-bond acceptors (Lipinski definition) is 3. The number of carbonyl (C=O) groups is 1. The zero-order valence-corrected chi connectivity index (χ0v) is 11.6. The molecule has 0 unspecified atom stereocenters. The number of nitrogen functional groups attached to an aromatic ring is 1. The lowest BCUT2D eigenvalue weighted by Crippen LogP contribution is -2.11. The van der Waals surface area contributed by atoms with Gasteiger partial charge in [0.05, 0.1) is 0 Å². The van der Waals surface area contributed by atoms with Crippen LogP contribution in [0.1, 0.15) is 29.5 Å². The second kappa shape index (κ2) is 5.35. The molecule has 0 atom stereocenters. The number of nitrogens with two attached hydrogens (primary N) is 1. The van der Waals surface area contributed by atoms with Gasteiger partial charge in [-0.15, -0.1) is 0 Å². The Labute approximate surface area is 114 Å². The minimum Gasteiger partial charge on any atom is -0.398 e. The summed E-state index contributed by atoms with van der Waals surface area (Å²) in [5.41, 5.74) is 6.90. The van der Waals surface area contributed by atoms with E-state index in [9.17, 15) is 4.79 Å². The van der Waals surface area contributed by atoms with Crippen LogP contribution in [0, 0.1) is 0 Å². The smallest absolute Gasteiger partial charge is 0.228 e. The van der Waals surface area contributed by atoms with Crippen molar-refractivity contribution in [1.29, 1.82) is 0 Å². The van der Waals surface area contributed by atoms with Crippen molar-refractivity contribution >= 4 is 27.4 Å². The van der Waals surface area contributed by atoms with Gasteiger partial charge in [0.25, 0.3) is 0 Å². The highest BCUT2D eigenvalue weighted by Crippen LogP contribution is 2.21. The Balaban J connectivity index is 2.35. The van der Waals surface area contributed by atoms with Crippen LogP contribution in [0.4, 0.5) is 5.69 Å². The lowest BCUT2D eigenvalue weighted by molar-refractivity contribution is 0.102. The van der Waals surface area contributed by atoms with Crippen molar-refractivity contribution in [1.82, 2.24) is 9.55 Å². The van der Waals surface area contributed by atoms with Gasteiger partial charge < -0.3 is 10.3 Å². The molecule has 0 bridgehead atoms. The third-order valence-corrected chi connectivity index (χ3v) is 3.33. The molecule has 0 aliphatic heterocycles. The molecule has 0 amide bonds. The molecule has 0 saturated carbocycles. The van der Waals surface area contributed by atoms with Crippen LogP contribution < -0.4 is 5.73 Å². The molecule has 1 heterocycles. The first kappa shape index (κ1) is 12.8. The molecule has 5 heteroatoms. The first-order valence-corrected chi connectivity index (χ1v) is 6.53. The van der Waals surface area contributed by atoms with E-state index >= 15 is 0 Å². The molecule has 2 N–H and O–H groups in total. The van der Waals surface area contributed by atoms with E-state index in [1.165, 1.54) is 0 Å². The predicted octanol–water partition coefficient (Wildman–Crippen LogP) is 2.87. The van der Waals surface area contributed by atoms with Gasteiger partial charge in [-0.2, -0.15) is 0 Å². The molecule has 0 aliphatic carbocycles. The highest BCUT2D eigenvalue weighted by atomic mass is 79.9. The minimum atomic E-state index is -0.0887. The second-order valence-electron chi connectivity index (χ2n) is 4.01. The van der Waals surface area contributed by atoms with Gasteiger partial charge in [-0.25, -0.2) is 4.98 Å². The summed E-state index contributed by atoms with van der Waals surface area (Å²) in [6.45, 7) is 2.85. The largest absolute Gasteiger partial charge is 0.398 e. The molecule has 1 aromatic heterocycles.